The summed E-state index contributed by atoms with van der Waals surface area (Å²) in [6.07, 6.45) is 6.79. The molecule has 2 aromatic carbocycles. The molecule has 1 aromatic heterocycles. The molecular formula is C24H22N2O2. The van der Waals surface area contributed by atoms with Gasteiger partial charge < -0.3 is 4.74 Å². The molecule has 2 atom stereocenters. The van der Waals surface area contributed by atoms with Crippen LogP contribution in [0.3, 0.4) is 0 Å². The number of amides is 1. The summed E-state index contributed by atoms with van der Waals surface area (Å²) in [7, 11) is 0. The minimum Gasteiger partial charge on any atom is -0.445 e. The summed E-state index contributed by atoms with van der Waals surface area (Å²) in [5.74, 6) is 0. The zero-order chi connectivity index (χ0) is 18.9. The summed E-state index contributed by atoms with van der Waals surface area (Å²) in [5, 5.41) is 1.15. The van der Waals surface area contributed by atoms with E-state index in [1.807, 2.05) is 47.5 Å². The normalized spacial score (nSPS) is 20.9. The number of nitrogens with zero attached hydrogens (tertiary/aromatic N) is 2. The summed E-state index contributed by atoms with van der Waals surface area (Å²) >= 11 is 0. The molecule has 0 aliphatic carbocycles. The SMILES string of the molecule is O=C(OCc1ccccc1)N1C2C=C(c3ccc4ncccc4c3)CC1CC2. The number of carbonyl (C=O) groups excluding carboxylic acids is 1. The van der Waals surface area contributed by atoms with Gasteiger partial charge in [0.1, 0.15) is 6.61 Å². The average molecular weight is 370 g/mol. The van der Waals surface area contributed by atoms with E-state index in [1.54, 1.807) is 0 Å². The lowest BCUT2D eigenvalue weighted by Crippen LogP contribution is -2.43. The van der Waals surface area contributed by atoms with Crippen molar-refractivity contribution in [2.75, 3.05) is 0 Å². The van der Waals surface area contributed by atoms with Crippen LogP contribution in [0.4, 0.5) is 4.79 Å². The number of benzene rings is 2. The maximum absolute atomic E-state index is 12.7. The fourth-order valence-electron chi connectivity index (χ4n) is 4.40. The molecule has 1 saturated heterocycles. The number of hydrogen-bond donors (Lipinski definition) is 0. The zero-order valence-corrected chi connectivity index (χ0v) is 15.6. The quantitative estimate of drug-likeness (QED) is 0.637. The van der Waals surface area contributed by atoms with Crippen LogP contribution in [-0.2, 0) is 11.3 Å². The van der Waals surface area contributed by atoms with E-state index in [9.17, 15) is 4.79 Å². The smallest absolute Gasteiger partial charge is 0.410 e. The third-order valence-electron chi connectivity index (χ3n) is 5.79. The molecule has 0 spiro atoms. The third-order valence-corrected chi connectivity index (χ3v) is 5.79. The summed E-state index contributed by atoms with van der Waals surface area (Å²) < 4.78 is 5.60. The molecular weight excluding hydrogens is 348 g/mol. The fraction of sp³-hybridized carbons (Fsp3) is 0.250. The predicted molar refractivity (Wildman–Crippen MR) is 110 cm³/mol. The molecule has 0 radical (unpaired) electrons. The highest BCUT2D eigenvalue weighted by atomic mass is 16.6. The van der Waals surface area contributed by atoms with E-state index in [1.165, 1.54) is 11.1 Å². The van der Waals surface area contributed by atoms with Gasteiger partial charge in [-0.05, 0) is 54.2 Å². The Hall–Kier alpha value is -3.14. The van der Waals surface area contributed by atoms with Crippen molar-refractivity contribution in [1.82, 2.24) is 9.88 Å². The van der Waals surface area contributed by atoms with Crippen LogP contribution in [0.2, 0.25) is 0 Å². The molecule has 3 aromatic rings. The second kappa shape index (κ2) is 7.12. The Morgan fingerprint density at radius 3 is 2.82 bits per heavy atom. The van der Waals surface area contributed by atoms with Crippen molar-refractivity contribution in [2.45, 2.75) is 38.0 Å². The first-order chi connectivity index (χ1) is 13.8. The maximum atomic E-state index is 12.7. The second-order valence-electron chi connectivity index (χ2n) is 7.55. The molecule has 4 heteroatoms. The number of ether oxygens (including phenoxy) is 1. The summed E-state index contributed by atoms with van der Waals surface area (Å²) in [6, 6.07) is 20.7. The largest absolute Gasteiger partial charge is 0.445 e. The first-order valence-electron chi connectivity index (χ1n) is 9.83. The number of carbonyl (C=O) groups is 1. The van der Waals surface area contributed by atoms with E-state index < -0.39 is 0 Å². The first kappa shape index (κ1) is 17.0. The van der Waals surface area contributed by atoms with E-state index in [4.69, 9.17) is 4.74 Å². The van der Waals surface area contributed by atoms with Gasteiger partial charge in [-0.15, -0.1) is 0 Å². The Kier molecular flexibility index (Phi) is 4.32. The minimum atomic E-state index is -0.200. The predicted octanol–water partition coefficient (Wildman–Crippen LogP) is 5.19. The van der Waals surface area contributed by atoms with Gasteiger partial charge in [0, 0.05) is 17.6 Å². The van der Waals surface area contributed by atoms with Crippen LogP contribution in [0.1, 0.15) is 30.4 Å². The van der Waals surface area contributed by atoms with Crippen molar-refractivity contribution < 1.29 is 9.53 Å². The standard InChI is InChI=1S/C24H22N2O2/c27-24(28-16-17-5-2-1-3-6-17)26-21-9-10-22(26)15-20(14-21)18-8-11-23-19(13-18)7-4-12-25-23/h1-8,11-14,21-22H,9-10,15-16H2. The molecule has 4 nitrogen and oxygen atoms in total. The number of rotatable bonds is 3. The molecule has 0 N–H and O–H groups in total. The van der Waals surface area contributed by atoms with Crippen molar-refractivity contribution in [2.24, 2.45) is 0 Å². The molecule has 5 rings (SSSR count). The number of pyridine rings is 1. The van der Waals surface area contributed by atoms with Crippen LogP contribution in [0, 0.1) is 0 Å². The number of hydrogen-bond acceptors (Lipinski definition) is 3. The minimum absolute atomic E-state index is 0.126. The van der Waals surface area contributed by atoms with Gasteiger partial charge in [-0.3, -0.25) is 9.88 Å². The van der Waals surface area contributed by atoms with E-state index in [-0.39, 0.29) is 18.2 Å². The van der Waals surface area contributed by atoms with Crippen molar-refractivity contribution in [3.63, 3.8) is 0 Å². The van der Waals surface area contributed by atoms with Crippen LogP contribution >= 0.6 is 0 Å². The van der Waals surface area contributed by atoms with Gasteiger partial charge >= 0.3 is 6.09 Å². The van der Waals surface area contributed by atoms with Crippen LogP contribution in [0.5, 0.6) is 0 Å². The van der Waals surface area contributed by atoms with Gasteiger partial charge in [0.2, 0.25) is 0 Å². The van der Waals surface area contributed by atoms with E-state index in [0.29, 0.717) is 6.61 Å². The molecule has 2 aliphatic heterocycles. The molecule has 3 heterocycles. The lowest BCUT2D eigenvalue weighted by molar-refractivity contribution is 0.0832. The number of fused-ring (bicyclic) bond motifs is 3. The lowest BCUT2D eigenvalue weighted by atomic mass is 9.94. The Morgan fingerprint density at radius 1 is 1.07 bits per heavy atom. The highest BCUT2D eigenvalue weighted by Gasteiger charge is 2.40. The van der Waals surface area contributed by atoms with Crippen LogP contribution < -0.4 is 0 Å². The van der Waals surface area contributed by atoms with Crippen LogP contribution in [0.25, 0.3) is 16.5 Å². The van der Waals surface area contributed by atoms with Crippen molar-refractivity contribution in [3.8, 4) is 0 Å². The Labute approximate surface area is 164 Å². The van der Waals surface area contributed by atoms with Gasteiger partial charge in [0.25, 0.3) is 0 Å². The second-order valence-corrected chi connectivity index (χ2v) is 7.55. The Morgan fingerprint density at radius 2 is 1.96 bits per heavy atom. The van der Waals surface area contributed by atoms with Crippen LogP contribution in [0.15, 0.2) is 72.9 Å². The van der Waals surface area contributed by atoms with Crippen molar-refractivity contribution in [3.05, 3.63) is 84.1 Å². The molecule has 1 fully saturated rings. The molecule has 2 unspecified atom stereocenters. The van der Waals surface area contributed by atoms with Crippen molar-refractivity contribution >= 4 is 22.6 Å². The van der Waals surface area contributed by atoms with E-state index in [0.717, 1.165) is 35.7 Å². The van der Waals surface area contributed by atoms with Gasteiger partial charge in [-0.1, -0.05) is 48.5 Å². The molecule has 140 valence electrons. The Balaban J connectivity index is 1.34. The Bertz CT molecular complexity index is 1040. The maximum Gasteiger partial charge on any atom is 0.410 e. The fourth-order valence-corrected chi connectivity index (χ4v) is 4.40. The van der Waals surface area contributed by atoms with E-state index >= 15 is 0 Å². The molecule has 2 bridgehead atoms. The summed E-state index contributed by atoms with van der Waals surface area (Å²) in [6.45, 7) is 0.323. The summed E-state index contributed by atoms with van der Waals surface area (Å²) in [5.41, 5.74) is 4.58. The topological polar surface area (TPSA) is 42.4 Å². The highest BCUT2D eigenvalue weighted by Crippen LogP contribution is 2.39. The van der Waals surface area contributed by atoms with Gasteiger partial charge in [-0.25, -0.2) is 4.79 Å². The zero-order valence-electron chi connectivity index (χ0n) is 15.6. The molecule has 28 heavy (non-hydrogen) atoms. The number of aromatic nitrogens is 1. The van der Waals surface area contributed by atoms with Gasteiger partial charge in [0.15, 0.2) is 0 Å². The molecule has 2 aliphatic rings. The summed E-state index contributed by atoms with van der Waals surface area (Å²) in [4.78, 5) is 19.1. The van der Waals surface area contributed by atoms with Crippen LogP contribution in [-0.4, -0.2) is 28.1 Å². The molecule has 0 saturated carbocycles. The van der Waals surface area contributed by atoms with Gasteiger partial charge in [-0.2, -0.15) is 0 Å². The average Bonchev–Trinajstić information content (AvgIpc) is 3.02. The first-order valence-corrected chi connectivity index (χ1v) is 9.83. The van der Waals surface area contributed by atoms with Crippen molar-refractivity contribution in [1.29, 1.82) is 0 Å². The molecule has 1 amide bonds. The highest BCUT2D eigenvalue weighted by molar-refractivity contribution is 5.84. The lowest BCUT2D eigenvalue weighted by Gasteiger charge is -2.33. The van der Waals surface area contributed by atoms with Gasteiger partial charge in [0.05, 0.1) is 11.6 Å². The monoisotopic (exact) mass is 370 g/mol. The van der Waals surface area contributed by atoms with E-state index in [2.05, 4.69) is 35.3 Å². The third kappa shape index (κ3) is 3.15.